The van der Waals surface area contributed by atoms with Gasteiger partial charge in [-0.15, -0.1) is 0 Å². The number of rotatable bonds is 10. The summed E-state index contributed by atoms with van der Waals surface area (Å²) >= 11 is 0. The molecule has 5 aromatic rings. The van der Waals surface area contributed by atoms with E-state index in [1.165, 1.54) is 12.1 Å². The van der Waals surface area contributed by atoms with Crippen LogP contribution < -0.4 is 9.30 Å². The van der Waals surface area contributed by atoms with E-state index >= 15 is 0 Å². The van der Waals surface area contributed by atoms with Gasteiger partial charge in [0.15, 0.2) is 0 Å². The number of phenols is 1. The number of carbonyl (C=O) groups is 2. The van der Waals surface area contributed by atoms with Gasteiger partial charge in [0.2, 0.25) is 11.0 Å². The summed E-state index contributed by atoms with van der Waals surface area (Å²) in [5, 5.41) is 20.3. The Hall–Kier alpha value is -5.06. The molecule has 10 heteroatoms. The number of carboxylic acids is 1. The van der Waals surface area contributed by atoms with Crippen LogP contribution in [0.1, 0.15) is 55.8 Å². The fourth-order valence-corrected chi connectivity index (χ4v) is 6.02. The van der Waals surface area contributed by atoms with E-state index in [1.807, 2.05) is 59.2 Å². The number of aryl methyl sites for hydroxylation is 3. The Balaban J connectivity index is 1.64. The predicted octanol–water partition coefficient (Wildman–Crippen LogP) is 6.36. The molecule has 0 saturated carbocycles. The van der Waals surface area contributed by atoms with Crippen molar-refractivity contribution in [1.29, 1.82) is 0 Å². The number of benzene rings is 4. The second-order valence-corrected chi connectivity index (χ2v) is 12.4. The van der Waals surface area contributed by atoms with Crippen LogP contribution >= 0.6 is 0 Å². The lowest BCUT2D eigenvalue weighted by Crippen LogP contribution is -2.37. The highest BCUT2D eigenvalue weighted by Gasteiger charge is 2.26. The number of unbranched alkanes of at least 4 members (excludes halogenated alkanes) is 1. The molecule has 45 heavy (non-hydrogen) atoms. The van der Waals surface area contributed by atoms with Gasteiger partial charge in [0.1, 0.15) is 18.0 Å². The van der Waals surface area contributed by atoms with Crippen LogP contribution in [0.3, 0.4) is 0 Å². The fourth-order valence-electron chi connectivity index (χ4n) is 5.45. The van der Waals surface area contributed by atoms with Crippen LogP contribution in [0.25, 0.3) is 34.0 Å². The third-order valence-corrected chi connectivity index (χ3v) is 8.35. The Labute approximate surface area is 260 Å². The number of phenolic OH excluding ortho intramolecular Hbond substituents is 1. The minimum Gasteiger partial charge on any atom is -0.508 e. The van der Waals surface area contributed by atoms with Crippen LogP contribution in [0.5, 0.6) is 11.5 Å². The summed E-state index contributed by atoms with van der Waals surface area (Å²) in [6.07, 6.45) is 4.52. The third kappa shape index (κ3) is 7.19. The smallest absolute Gasteiger partial charge is 0.345 e. The average Bonchev–Trinajstić information content (AvgIpc) is 2.99. The van der Waals surface area contributed by atoms with Crippen LogP contribution in [0.4, 0.5) is 0 Å². The third-order valence-electron chi connectivity index (χ3n) is 7.55. The van der Waals surface area contributed by atoms with Crippen molar-refractivity contribution in [3.05, 3.63) is 112 Å². The van der Waals surface area contributed by atoms with Gasteiger partial charge in [-0.2, -0.15) is 13.0 Å². The molecule has 3 N–H and O–H groups in total. The molecular weight excluding hydrogens is 594 g/mol. The molecule has 0 atom stereocenters. The normalized spacial score (nSPS) is 11.8. The van der Waals surface area contributed by atoms with Crippen LogP contribution in [-0.4, -0.2) is 40.9 Å². The lowest BCUT2D eigenvalue weighted by Gasteiger charge is -2.15. The van der Waals surface area contributed by atoms with Crippen molar-refractivity contribution in [3.8, 4) is 11.5 Å². The number of carbonyl (C=O) groups excluding carboxylic acids is 1. The molecule has 5 rings (SSSR count). The second-order valence-electron chi connectivity index (χ2n) is 10.9. The van der Waals surface area contributed by atoms with Crippen LogP contribution in [-0.2, 0) is 16.7 Å². The van der Waals surface area contributed by atoms with E-state index in [4.69, 9.17) is 4.74 Å². The molecule has 0 bridgehead atoms. The van der Waals surface area contributed by atoms with Crippen molar-refractivity contribution in [1.82, 2.24) is 0 Å². The van der Waals surface area contributed by atoms with Gasteiger partial charge >= 0.3 is 11.9 Å². The van der Waals surface area contributed by atoms with Crippen LogP contribution in [0, 0.1) is 13.8 Å². The first-order valence-electron chi connectivity index (χ1n) is 14.3. The van der Waals surface area contributed by atoms with Gasteiger partial charge in [-0.3, -0.25) is 4.55 Å². The number of fused-ring (bicyclic) bond motifs is 2. The summed E-state index contributed by atoms with van der Waals surface area (Å²) in [6.45, 7) is 3.80. The van der Waals surface area contributed by atoms with Gasteiger partial charge in [-0.05, 0) is 78.9 Å². The number of hydrogen-bond acceptors (Lipinski definition) is 6. The molecule has 230 valence electrons. The van der Waals surface area contributed by atoms with Gasteiger partial charge in [-0.1, -0.05) is 42.5 Å². The Morgan fingerprint density at radius 1 is 0.822 bits per heavy atom. The summed E-state index contributed by atoms with van der Waals surface area (Å²) in [4.78, 5) is 25.5. The van der Waals surface area contributed by atoms with Crippen molar-refractivity contribution in [2.45, 2.75) is 33.2 Å². The molecule has 0 saturated heterocycles. The minimum atomic E-state index is -4.10. The number of carboxylic acid groups (broad SMARTS) is 1. The number of aromatic nitrogens is 1. The van der Waals surface area contributed by atoms with Crippen LogP contribution in [0.2, 0.25) is 0 Å². The van der Waals surface area contributed by atoms with E-state index in [-0.39, 0.29) is 29.2 Å². The number of hydrogen-bond donors (Lipinski definition) is 3. The van der Waals surface area contributed by atoms with Gasteiger partial charge < -0.3 is 14.9 Å². The van der Waals surface area contributed by atoms with E-state index < -0.39 is 22.1 Å². The standard InChI is InChI=1S/C35H31NO8S/c1-22-19-26(34(38)39)20-23(2)33(22)44-35(40)32-28-7-3-4-8-30(28)36(17-5-6-18-45(41,42)43)31-21-25(13-16-29(31)32)10-9-24-11-14-27(37)15-12-24/h3-4,7-16,19-21H,5-6,17-18H2,1-2H3,(H2,38,39,41,42,43)/p+1. The number of nitrogens with zero attached hydrogens (tertiary/aromatic N) is 1. The summed E-state index contributed by atoms with van der Waals surface area (Å²) < 4.78 is 39.9. The number of esters is 1. The summed E-state index contributed by atoms with van der Waals surface area (Å²) in [7, 11) is -4.10. The molecule has 4 aromatic carbocycles. The predicted molar refractivity (Wildman–Crippen MR) is 172 cm³/mol. The fraction of sp³-hybridized carbons (Fsp3) is 0.171. The van der Waals surface area contributed by atoms with E-state index in [2.05, 4.69) is 0 Å². The van der Waals surface area contributed by atoms with Crippen molar-refractivity contribution in [2.24, 2.45) is 0 Å². The van der Waals surface area contributed by atoms with Crippen molar-refractivity contribution in [3.63, 3.8) is 0 Å². The van der Waals surface area contributed by atoms with Gasteiger partial charge in [0.25, 0.3) is 10.1 Å². The lowest BCUT2D eigenvalue weighted by atomic mass is 9.99. The zero-order valence-corrected chi connectivity index (χ0v) is 25.5. The van der Waals surface area contributed by atoms with Crippen LogP contribution in [0.15, 0.2) is 78.9 Å². The van der Waals surface area contributed by atoms with E-state index in [9.17, 15) is 32.8 Å². The molecule has 0 aliphatic heterocycles. The topological polar surface area (TPSA) is 142 Å². The highest BCUT2D eigenvalue weighted by Crippen LogP contribution is 2.31. The van der Waals surface area contributed by atoms with Gasteiger partial charge in [0.05, 0.1) is 27.7 Å². The molecule has 1 heterocycles. The number of aromatic carboxylic acids is 1. The zero-order chi connectivity index (χ0) is 32.3. The number of pyridine rings is 1. The minimum absolute atomic E-state index is 0.100. The first-order chi connectivity index (χ1) is 21.4. The SMILES string of the molecule is Cc1cc(C(=O)O)cc(C)c1OC(=O)c1c2ccccc2[n+](CCCCS(=O)(=O)O)c2cc(C=Cc3ccc(O)cc3)ccc12. The maximum absolute atomic E-state index is 14.0. The van der Waals surface area contributed by atoms with Gasteiger partial charge in [0, 0.05) is 18.6 Å². The van der Waals surface area contributed by atoms with E-state index in [0.717, 1.165) is 22.2 Å². The molecule has 0 aliphatic carbocycles. The molecule has 9 nitrogen and oxygen atoms in total. The van der Waals surface area contributed by atoms with E-state index in [1.54, 1.807) is 38.1 Å². The number of para-hydroxylation sites is 1. The average molecular weight is 627 g/mol. The Kier molecular flexibility index (Phi) is 8.99. The molecule has 0 fully saturated rings. The highest BCUT2D eigenvalue weighted by molar-refractivity contribution is 7.85. The first-order valence-corrected chi connectivity index (χ1v) is 15.9. The zero-order valence-electron chi connectivity index (χ0n) is 24.7. The molecule has 0 unspecified atom stereocenters. The Morgan fingerprint density at radius 3 is 2.11 bits per heavy atom. The molecule has 0 radical (unpaired) electrons. The summed E-state index contributed by atoms with van der Waals surface area (Å²) in [5.74, 6) is -1.57. The molecule has 0 amide bonds. The number of ether oxygens (including phenoxy) is 1. The van der Waals surface area contributed by atoms with Gasteiger partial charge in [-0.25, -0.2) is 9.59 Å². The monoisotopic (exact) mass is 626 g/mol. The van der Waals surface area contributed by atoms with Crippen molar-refractivity contribution < 1.29 is 42.1 Å². The van der Waals surface area contributed by atoms with Crippen molar-refractivity contribution in [2.75, 3.05) is 5.75 Å². The summed E-state index contributed by atoms with van der Waals surface area (Å²) in [5.41, 5.74) is 4.64. The quantitative estimate of drug-likeness (QED) is 0.0309. The molecular formula is C35H32NO8S+. The highest BCUT2D eigenvalue weighted by atomic mass is 32.2. The number of aromatic hydroxyl groups is 1. The summed E-state index contributed by atoms with van der Waals surface area (Å²) in [6, 6.07) is 22.8. The largest absolute Gasteiger partial charge is 0.508 e. The van der Waals surface area contributed by atoms with E-state index in [0.29, 0.717) is 40.4 Å². The first kappa shape index (κ1) is 31.4. The second kappa shape index (κ2) is 12.9. The lowest BCUT2D eigenvalue weighted by molar-refractivity contribution is -0.645. The maximum atomic E-state index is 14.0. The Bertz CT molecular complexity index is 2060. The maximum Gasteiger partial charge on any atom is 0.345 e. The molecule has 0 spiro atoms. The molecule has 0 aliphatic rings. The Morgan fingerprint density at radius 2 is 1.44 bits per heavy atom. The molecule has 1 aromatic heterocycles. The van der Waals surface area contributed by atoms with Crippen molar-refractivity contribution >= 4 is 56.0 Å².